The number of hydrogen-bond acceptors (Lipinski definition) is 6. The van der Waals surface area contributed by atoms with Gasteiger partial charge in [-0.25, -0.2) is 4.39 Å². The number of anilines is 2. The van der Waals surface area contributed by atoms with Gasteiger partial charge in [-0.1, -0.05) is 12.1 Å². The molecule has 0 radical (unpaired) electrons. The molecule has 2 amide bonds. The van der Waals surface area contributed by atoms with Crippen LogP contribution in [0.3, 0.4) is 0 Å². The van der Waals surface area contributed by atoms with Crippen molar-refractivity contribution in [3.8, 4) is 17.2 Å². The minimum absolute atomic E-state index is 0.0173. The monoisotopic (exact) mass is 460 g/mol. The molecule has 1 heterocycles. The molecule has 4 aromatic rings. The second-order valence-corrected chi connectivity index (χ2v) is 7.44. The molecule has 0 unspecified atom stereocenters. The maximum atomic E-state index is 13.1. The highest BCUT2D eigenvalue weighted by Crippen LogP contribution is 2.23. The van der Waals surface area contributed by atoms with Gasteiger partial charge in [0.15, 0.2) is 6.61 Å². The SMILES string of the molecule is CC(=O)Nc1cccc(C(=O)Nc2cccc(OCc3nnc(-c4ccc(F)cc4)o3)c2)c1C. The minimum Gasteiger partial charge on any atom is -0.484 e. The minimum atomic E-state index is -0.352. The summed E-state index contributed by atoms with van der Waals surface area (Å²) in [5.41, 5.74) is 2.82. The van der Waals surface area contributed by atoms with Crippen molar-refractivity contribution in [2.24, 2.45) is 0 Å². The van der Waals surface area contributed by atoms with E-state index in [1.807, 2.05) is 0 Å². The number of carbonyl (C=O) groups is 2. The average molecular weight is 460 g/mol. The molecule has 0 aliphatic rings. The Hall–Kier alpha value is -4.53. The first kappa shape index (κ1) is 22.7. The molecule has 172 valence electrons. The molecular weight excluding hydrogens is 439 g/mol. The second-order valence-electron chi connectivity index (χ2n) is 7.44. The van der Waals surface area contributed by atoms with Gasteiger partial charge in [0.2, 0.25) is 11.8 Å². The maximum absolute atomic E-state index is 13.1. The molecule has 0 saturated carbocycles. The standard InChI is InChI=1S/C25H21FN4O4/c1-15-21(7-4-8-22(15)27-16(2)31)24(32)28-19-5-3-6-20(13-19)33-14-23-29-30-25(34-23)17-9-11-18(26)12-10-17/h3-13H,14H2,1-2H3,(H,27,31)(H,28,32). The van der Waals surface area contributed by atoms with E-state index < -0.39 is 0 Å². The molecule has 0 aliphatic carbocycles. The number of aromatic nitrogens is 2. The molecule has 0 saturated heterocycles. The lowest BCUT2D eigenvalue weighted by atomic mass is 10.1. The fraction of sp³-hybridized carbons (Fsp3) is 0.120. The number of nitrogens with zero attached hydrogens (tertiary/aromatic N) is 2. The highest BCUT2D eigenvalue weighted by molar-refractivity contribution is 6.06. The van der Waals surface area contributed by atoms with Crippen molar-refractivity contribution in [3.63, 3.8) is 0 Å². The summed E-state index contributed by atoms with van der Waals surface area (Å²) < 4.78 is 24.4. The van der Waals surface area contributed by atoms with Gasteiger partial charge in [-0.05, 0) is 61.0 Å². The maximum Gasteiger partial charge on any atom is 0.256 e. The predicted molar refractivity (Wildman–Crippen MR) is 124 cm³/mol. The summed E-state index contributed by atoms with van der Waals surface area (Å²) in [5, 5.41) is 13.4. The van der Waals surface area contributed by atoms with E-state index in [9.17, 15) is 14.0 Å². The van der Waals surface area contributed by atoms with Gasteiger partial charge in [-0.3, -0.25) is 9.59 Å². The Balaban J connectivity index is 1.40. The second kappa shape index (κ2) is 9.95. The van der Waals surface area contributed by atoms with E-state index in [-0.39, 0.29) is 36.0 Å². The predicted octanol–water partition coefficient (Wildman–Crippen LogP) is 4.97. The smallest absolute Gasteiger partial charge is 0.256 e. The normalized spacial score (nSPS) is 10.6. The van der Waals surface area contributed by atoms with Gasteiger partial charge >= 0.3 is 0 Å². The Bertz CT molecular complexity index is 1340. The lowest BCUT2D eigenvalue weighted by Gasteiger charge is -2.12. The van der Waals surface area contributed by atoms with Crippen molar-refractivity contribution in [1.29, 1.82) is 0 Å². The van der Waals surface area contributed by atoms with E-state index in [1.54, 1.807) is 61.5 Å². The van der Waals surface area contributed by atoms with Crippen LogP contribution in [0.5, 0.6) is 5.75 Å². The molecule has 1 aromatic heterocycles. The van der Waals surface area contributed by atoms with Gasteiger partial charge in [0.1, 0.15) is 11.6 Å². The number of rotatable bonds is 7. The van der Waals surface area contributed by atoms with Crippen molar-refractivity contribution in [2.45, 2.75) is 20.5 Å². The van der Waals surface area contributed by atoms with Crippen LogP contribution in [0.25, 0.3) is 11.5 Å². The van der Waals surface area contributed by atoms with Gasteiger partial charge in [0, 0.05) is 35.5 Å². The molecule has 0 aliphatic heterocycles. The van der Waals surface area contributed by atoms with Gasteiger partial charge in [0.05, 0.1) is 0 Å². The van der Waals surface area contributed by atoms with Crippen molar-refractivity contribution < 1.29 is 23.1 Å². The van der Waals surface area contributed by atoms with Crippen LogP contribution in [0.4, 0.5) is 15.8 Å². The number of nitrogens with one attached hydrogen (secondary N) is 2. The van der Waals surface area contributed by atoms with E-state index in [1.165, 1.54) is 19.1 Å². The van der Waals surface area contributed by atoms with E-state index in [4.69, 9.17) is 9.15 Å². The molecule has 4 rings (SSSR count). The first-order valence-corrected chi connectivity index (χ1v) is 10.4. The first-order valence-electron chi connectivity index (χ1n) is 10.4. The van der Waals surface area contributed by atoms with Crippen molar-refractivity contribution in [3.05, 3.63) is 89.6 Å². The molecule has 0 bridgehead atoms. The zero-order chi connectivity index (χ0) is 24.1. The van der Waals surface area contributed by atoms with Crippen molar-refractivity contribution in [2.75, 3.05) is 10.6 Å². The topological polar surface area (TPSA) is 106 Å². The van der Waals surface area contributed by atoms with Crippen LogP contribution in [-0.4, -0.2) is 22.0 Å². The van der Waals surface area contributed by atoms with Crippen LogP contribution in [0.1, 0.15) is 28.7 Å². The summed E-state index contributed by atoms with van der Waals surface area (Å²) in [6.45, 7) is 3.20. The lowest BCUT2D eigenvalue weighted by Crippen LogP contribution is -2.15. The number of amides is 2. The van der Waals surface area contributed by atoms with E-state index in [2.05, 4.69) is 20.8 Å². The fourth-order valence-corrected chi connectivity index (χ4v) is 3.23. The summed E-state index contributed by atoms with van der Waals surface area (Å²) in [6.07, 6.45) is 0. The van der Waals surface area contributed by atoms with Gasteiger partial charge in [0.25, 0.3) is 11.8 Å². The largest absolute Gasteiger partial charge is 0.484 e. The van der Waals surface area contributed by atoms with Gasteiger partial charge in [-0.2, -0.15) is 0 Å². The van der Waals surface area contributed by atoms with Crippen LogP contribution in [0.2, 0.25) is 0 Å². The van der Waals surface area contributed by atoms with E-state index >= 15 is 0 Å². The quantitative estimate of drug-likeness (QED) is 0.403. The van der Waals surface area contributed by atoms with Crippen LogP contribution >= 0.6 is 0 Å². The van der Waals surface area contributed by atoms with Gasteiger partial charge < -0.3 is 19.8 Å². The number of benzene rings is 3. The number of hydrogen-bond donors (Lipinski definition) is 2. The number of halogens is 1. The third kappa shape index (κ3) is 5.44. The summed E-state index contributed by atoms with van der Waals surface area (Å²) >= 11 is 0. The molecular formula is C25H21FN4O4. The lowest BCUT2D eigenvalue weighted by molar-refractivity contribution is -0.114. The average Bonchev–Trinajstić information content (AvgIpc) is 3.28. The van der Waals surface area contributed by atoms with Crippen LogP contribution in [-0.2, 0) is 11.4 Å². The van der Waals surface area contributed by atoms with Crippen LogP contribution in [0, 0.1) is 12.7 Å². The Labute approximate surface area is 194 Å². The summed E-state index contributed by atoms with van der Waals surface area (Å²) in [5.74, 6) is 0.118. The van der Waals surface area contributed by atoms with Crippen molar-refractivity contribution >= 4 is 23.2 Å². The summed E-state index contributed by atoms with van der Waals surface area (Å²) in [4.78, 5) is 24.2. The first-order chi connectivity index (χ1) is 16.4. The molecule has 0 atom stereocenters. The number of carbonyl (C=O) groups excluding carboxylic acids is 2. The molecule has 34 heavy (non-hydrogen) atoms. The molecule has 9 heteroatoms. The Morgan fingerprint density at radius 3 is 2.53 bits per heavy atom. The van der Waals surface area contributed by atoms with E-state index in [0.29, 0.717) is 33.8 Å². The summed E-state index contributed by atoms with van der Waals surface area (Å²) in [7, 11) is 0. The molecule has 0 spiro atoms. The highest BCUT2D eigenvalue weighted by atomic mass is 19.1. The Morgan fingerprint density at radius 2 is 1.76 bits per heavy atom. The number of ether oxygens (including phenoxy) is 1. The Kier molecular flexibility index (Phi) is 6.63. The van der Waals surface area contributed by atoms with Crippen molar-refractivity contribution in [1.82, 2.24) is 10.2 Å². The van der Waals surface area contributed by atoms with Crippen LogP contribution < -0.4 is 15.4 Å². The highest BCUT2D eigenvalue weighted by Gasteiger charge is 2.14. The molecule has 8 nitrogen and oxygen atoms in total. The zero-order valence-electron chi connectivity index (χ0n) is 18.5. The van der Waals surface area contributed by atoms with E-state index in [0.717, 1.165) is 0 Å². The fourth-order valence-electron chi connectivity index (χ4n) is 3.23. The summed E-state index contributed by atoms with van der Waals surface area (Å²) in [6, 6.07) is 17.7. The molecule has 0 fully saturated rings. The molecule has 3 aromatic carbocycles. The van der Waals surface area contributed by atoms with Gasteiger partial charge in [-0.15, -0.1) is 10.2 Å². The third-order valence-corrected chi connectivity index (χ3v) is 4.90. The van der Waals surface area contributed by atoms with Crippen LogP contribution in [0.15, 0.2) is 71.1 Å². The zero-order valence-corrected chi connectivity index (χ0v) is 18.5. The Morgan fingerprint density at radius 1 is 1.00 bits per heavy atom. The third-order valence-electron chi connectivity index (χ3n) is 4.90. The molecule has 2 N–H and O–H groups in total.